The molecule has 0 aliphatic carbocycles. The minimum absolute atomic E-state index is 0.281. The van der Waals surface area contributed by atoms with Crippen LogP contribution < -0.4 is 9.64 Å². The number of nitrogens with zero attached hydrogens (tertiary/aromatic N) is 4. The molecule has 1 aliphatic rings. The average molecular weight is 334 g/mol. The first-order valence-corrected chi connectivity index (χ1v) is 8.50. The third-order valence-electron chi connectivity index (χ3n) is 4.83. The third-order valence-corrected chi connectivity index (χ3v) is 4.83. The number of rotatable bonds is 4. The van der Waals surface area contributed by atoms with Gasteiger partial charge in [0.25, 0.3) is 0 Å². The Morgan fingerprint density at radius 3 is 3.16 bits per heavy atom. The highest BCUT2D eigenvalue weighted by Crippen LogP contribution is 2.30. The number of aromatic amines is 2. The van der Waals surface area contributed by atoms with E-state index < -0.39 is 0 Å². The number of anilines is 1. The standard InChI is InChI=1S/C18H18N6O/c1-4-14-13(6-7-19-14)15(5-1)25-9-12-3-2-8-24(12)18-16-17(21-10-20-16)22-11-23-18/h1,4-7,10-12,19H,2-3,8-9H2,(H,20,21,22,23)/t12-/m1/s1. The molecule has 3 aromatic heterocycles. The molecule has 5 rings (SSSR count). The first-order chi connectivity index (χ1) is 12.4. The van der Waals surface area contributed by atoms with Crippen molar-refractivity contribution in [3.05, 3.63) is 43.1 Å². The van der Waals surface area contributed by atoms with Crippen LogP contribution in [0.3, 0.4) is 0 Å². The SMILES string of the molecule is c1cc(OC[C@H]2CCCN2c2ncnc3[nH]cnc23)c2cc[nH]c2c1. The molecule has 1 aliphatic heterocycles. The predicted molar refractivity (Wildman–Crippen MR) is 95.8 cm³/mol. The second-order valence-corrected chi connectivity index (χ2v) is 6.29. The highest BCUT2D eigenvalue weighted by molar-refractivity contribution is 5.85. The van der Waals surface area contributed by atoms with Crippen LogP contribution in [0.25, 0.3) is 22.1 Å². The second-order valence-electron chi connectivity index (χ2n) is 6.29. The molecule has 4 heterocycles. The maximum absolute atomic E-state index is 6.17. The van der Waals surface area contributed by atoms with Crippen LogP contribution in [0.5, 0.6) is 5.75 Å². The highest BCUT2D eigenvalue weighted by atomic mass is 16.5. The smallest absolute Gasteiger partial charge is 0.162 e. The van der Waals surface area contributed by atoms with E-state index >= 15 is 0 Å². The average Bonchev–Trinajstić information content (AvgIpc) is 3.38. The van der Waals surface area contributed by atoms with Crippen molar-refractivity contribution >= 4 is 27.9 Å². The van der Waals surface area contributed by atoms with Crippen LogP contribution in [0.1, 0.15) is 12.8 Å². The van der Waals surface area contributed by atoms with Gasteiger partial charge in [-0.15, -0.1) is 0 Å². The molecule has 2 N–H and O–H groups in total. The van der Waals surface area contributed by atoms with Crippen LogP contribution in [0.4, 0.5) is 5.82 Å². The van der Waals surface area contributed by atoms with Gasteiger partial charge in [0.15, 0.2) is 11.5 Å². The van der Waals surface area contributed by atoms with Gasteiger partial charge in [-0.1, -0.05) is 6.07 Å². The Hall–Kier alpha value is -3.09. The van der Waals surface area contributed by atoms with E-state index in [-0.39, 0.29) is 6.04 Å². The fourth-order valence-corrected chi connectivity index (χ4v) is 3.62. The lowest BCUT2D eigenvalue weighted by molar-refractivity contribution is 0.291. The molecule has 7 heteroatoms. The van der Waals surface area contributed by atoms with Gasteiger partial charge in [0.2, 0.25) is 0 Å². The molecule has 7 nitrogen and oxygen atoms in total. The van der Waals surface area contributed by atoms with Crippen LogP contribution in [-0.4, -0.2) is 44.1 Å². The molecule has 0 amide bonds. The van der Waals surface area contributed by atoms with Gasteiger partial charge in [-0.2, -0.15) is 0 Å². The molecular weight excluding hydrogens is 316 g/mol. The summed E-state index contributed by atoms with van der Waals surface area (Å²) in [6, 6.07) is 8.42. The highest BCUT2D eigenvalue weighted by Gasteiger charge is 2.28. The lowest BCUT2D eigenvalue weighted by atomic mass is 10.2. The van der Waals surface area contributed by atoms with Crippen LogP contribution in [0.2, 0.25) is 0 Å². The molecule has 0 radical (unpaired) electrons. The normalized spacial score (nSPS) is 17.6. The van der Waals surface area contributed by atoms with Crippen molar-refractivity contribution < 1.29 is 4.74 Å². The van der Waals surface area contributed by atoms with Crippen molar-refractivity contribution in [1.29, 1.82) is 0 Å². The van der Waals surface area contributed by atoms with Crippen molar-refractivity contribution in [2.75, 3.05) is 18.1 Å². The van der Waals surface area contributed by atoms with Gasteiger partial charge in [0, 0.05) is 23.6 Å². The summed E-state index contributed by atoms with van der Waals surface area (Å²) in [5.74, 6) is 1.80. The fourth-order valence-electron chi connectivity index (χ4n) is 3.62. The van der Waals surface area contributed by atoms with E-state index in [9.17, 15) is 0 Å². The van der Waals surface area contributed by atoms with Crippen molar-refractivity contribution in [2.45, 2.75) is 18.9 Å². The van der Waals surface area contributed by atoms with E-state index in [4.69, 9.17) is 4.74 Å². The Labute approximate surface area is 144 Å². The molecule has 0 spiro atoms. The van der Waals surface area contributed by atoms with E-state index in [2.05, 4.69) is 42.0 Å². The maximum atomic E-state index is 6.17. The third kappa shape index (κ3) is 2.39. The quantitative estimate of drug-likeness (QED) is 0.600. The maximum Gasteiger partial charge on any atom is 0.162 e. The summed E-state index contributed by atoms with van der Waals surface area (Å²) < 4.78 is 6.17. The number of benzene rings is 1. The van der Waals surface area contributed by atoms with Gasteiger partial charge in [-0.25, -0.2) is 15.0 Å². The number of hydrogen-bond acceptors (Lipinski definition) is 5. The van der Waals surface area contributed by atoms with Crippen molar-refractivity contribution in [2.24, 2.45) is 0 Å². The molecule has 1 atom stereocenters. The molecule has 0 unspecified atom stereocenters. The Bertz CT molecular complexity index is 1020. The van der Waals surface area contributed by atoms with Gasteiger partial charge in [-0.05, 0) is 31.0 Å². The Morgan fingerprint density at radius 1 is 1.16 bits per heavy atom. The van der Waals surface area contributed by atoms with Crippen LogP contribution in [-0.2, 0) is 0 Å². The van der Waals surface area contributed by atoms with Gasteiger partial charge in [0.1, 0.15) is 24.2 Å². The Kier molecular flexibility index (Phi) is 3.29. The minimum atomic E-state index is 0.281. The second kappa shape index (κ2) is 5.77. The molecule has 0 saturated carbocycles. The number of nitrogens with one attached hydrogen (secondary N) is 2. The van der Waals surface area contributed by atoms with Crippen LogP contribution >= 0.6 is 0 Å². The zero-order valence-electron chi connectivity index (χ0n) is 13.6. The zero-order valence-corrected chi connectivity index (χ0v) is 13.6. The summed E-state index contributed by atoms with van der Waals surface area (Å²) in [6.45, 7) is 1.58. The van der Waals surface area contributed by atoms with Crippen molar-refractivity contribution in [3.63, 3.8) is 0 Å². The lowest BCUT2D eigenvalue weighted by Crippen LogP contribution is -2.35. The summed E-state index contributed by atoms with van der Waals surface area (Å²) in [5.41, 5.74) is 2.69. The van der Waals surface area contributed by atoms with Gasteiger partial charge in [-0.3, -0.25) is 0 Å². The number of aromatic nitrogens is 5. The summed E-state index contributed by atoms with van der Waals surface area (Å²) in [6.07, 6.45) is 7.40. The summed E-state index contributed by atoms with van der Waals surface area (Å²) in [4.78, 5) is 21.7. The van der Waals surface area contributed by atoms with E-state index in [0.717, 1.165) is 53.0 Å². The van der Waals surface area contributed by atoms with Crippen molar-refractivity contribution in [3.8, 4) is 5.75 Å². The summed E-state index contributed by atoms with van der Waals surface area (Å²) >= 11 is 0. The van der Waals surface area contributed by atoms with E-state index in [1.807, 2.05) is 18.3 Å². The molecular formula is C18H18N6O. The van der Waals surface area contributed by atoms with E-state index in [1.54, 1.807) is 12.7 Å². The number of imidazole rings is 1. The molecule has 126 valence electrons. The summed E-state index contributed by atoms with van der Waals surface area (Å²) in [7, 11) is 0. The zero-order chi connectivity index (χ0) is 16.6. The first-order valence-electron chi connectivity index (χ1n) is 8.50. The Morgan fingerprint density at radius 2 is 2.16 bits per heavy atom. The van der Waals surface area contributed by atoms with E-state index in [1.165, 1.54) is 0 Å². The van der Waals surface area contributed by atoms with Crippen LogP contribution in [0.15, 0.2) is 43.1 Å². The largest absolute Gasteiger partial charge is 0.491 e. The number of hydrogen-bond donors (Lipinski definition) is 2. The number of H-pyrrole nitrogens is 2. The molecule has 0 bridgehead atoms. The Balaban J connectivity index is 1.40. The van der Waals surface area contributed by atoms with Crippen LogP contribution in [0, 0.1) is 0 Å². The predicted octanol–water partition coefficient (Wildman–Crippen LogP) is 2.88. The lowest BCUT2D eigenvalue weighted by Gasteiger charge is -2.25. The molecule has 1 fully saturated rings. The topological polar surface area (TPSA) is 82.7 Å². The molecule has 4 aromatic rings. The molecule has 25 heavy (non-hydrogen) atoms. The molecule has 1 aromatic carbocycles. The fraction of sp³-hybridized carbons (Fsp3) is 0.278. The molecule has 1 saturated heterocycles. The van der Waals surface area contributed by atoms with Gasteiger partial charge < -0.3 is 19.6 Å². The van der Waals surface area contributed by atoms with Gasteiger partial charge >= 0.3 is 0 Å². The van der Waals surface area contributed by atoms with E-state index in [0.29, 0.717) is 6.61 Å². The monoisotopic (exact) mass is 334 g/mol. The summed E-state index contributed by atoms with van der Waals surface area (Å²) in [5, 5.41) is 1.11. The minimum Gasteiger partial charge on any atom is -0.491 e. The van der Waals surface area contributed by atoms with Crippen molar-refractivity contribution in [1.82, 2.24) is 24.9 Å². The first kappa shape index (κ1) is 14.3. The number of ether oxygens (including phenoxy) is 1. The van der Waals surface area contributed by atoms with Gasteiger partial charge in [0.05, 0.1) is 12.4 Å². The number of fused-ring (bicyclic) bond motifs is 2.